The van der Waals surface area contributed by atoms with Crippen LogP contribution in [-0.4, -0.2) is 23.5 Å². The fourth-order valence-electron chi connectivity index (χ4n) is 3.25. The number of nitrogens with one attached hydrogen (secondary N) is 2. The SMILES string of the molecule is Cc1oncc1C(=O)Nc1ccc(NC(=O)[C@@H]2CCC[C@@H]2CN)cc1. The number of aryl methyl sites for hydroxylation is 1. The summed E-state index contributed by atoms with van der Waals surface area (Å²) in [5, 5.41) is 9.29. The van der Waals surface area contributed by atoms with E-state index < -0.39 is 0 Å². The summed E-state index contributed by atoms with van der Waals surface area (Å²) in [7, 11) is 0. The number of carbonyl (C=O) groups excluding carboxylic acids is 2. The van der Waals surface area contributed by atoms with Gasteiger partial charge in [-0.1, -0.05) is 11.6 Å². The van der Waals surface area contributed by atoms with E-state index in [0.29, 0.717) is 29.2 Å². The summed E-state index contributed by atoms with van der Waals surface area (Å²) in [6, 6.07) is 7.01. The Balaban J connectivity index is 1.60. The van der Waals surface area contributed by atoms with Crippen molar-refractivity contribution in [3.8, 4) is 0 Å². The van der Waals surface area contributed by atoms with Crippen molar-refractivity contribution in [2.24, 2.45) is 17.6 Å². The summed E-state index contributed by atoms with van der Waals surface area (Å²) in [4.78, 5) is 24.5. The summed E-state index contributed by atoms with van der Waals surface area (Å²) in [5.74, 6) is 0.454. The summed E-state index contributed by atoms with van der Waals surface area (Å²) >= 11 is 0. The number of nitrogens with two attached hydrogens (primary N) is 1. The van der Waals surface area contributed by atoms with E-state index in [2.05, 4.69) is 15.8 Å². The van der Waals surface area contributed by atoms with Gasteiger partial charge in [-0.05, 0) is 56.5 Å². The largest absolute Gasteiger partial charge is 0.361 e. The fourth-order valence-corrected chi connectivity index (χ4v) is 3.25. The van der Waals surface area contributed by atoms with Crippen molar-refractivity contribution in [2.45, 2.75) is 26.2 Å². The molecule has 1 aliphatic rings. The normalized spacial score (nSPS) is 19.6. The van der Waals surface area contributed by atoms with E-state index in [1.165, 1.54) is 6.20 Å². The van der Waals surface area contributed by atoms with Gasteiger partial charge in [-0.15, -0.1) is 0 Å². The molecule has 1 fully saturated rings. The van der Waals surface area contributed by atoms with Crippen LogP contribution in [-0.2, 0) is 4.79 Å². The summed E-state index contributed by atoms with van der Waals surface area (Å²) in [6.45, 7) is 2.23. The van der Waals surface area contributed by atoms with E-state index in [4.69, 9.17) is 10.3 Å². The van der Waals surface area contributed by atoms with Crippen molar-refractivity contribution in [3.05, 3.63) is 41.8 Å². The van der Waals surface area contributed by atoms with Crippen molar-refractivity contribution in [3.63, 3.8) is 0 Å². The topological polar surface area (TPSA) is 110 Å². The molecule has 2 aromatic rings. The molecule has 0 spiro atoms. The molecule has 132 valence electrons. The van der Waals surface area contributed by atoms with Gasteiger partial charge in [0.25, 0.3) is 5.91 Å². The molecule has 25 heavy (non-hydrogen) atoms. The minimum atomic E-state index is -0.285. The van der Waals surface area contributed by atoms with Crippen molar-refractivity contribution >= 4 is 23.2 Å². The average Bonchev–Trinajstić information content (AvgIpc) is 3.25. The number of rotatable bonds is 5. The van der Waals surface area contributed by atoms with Crippen molar-refractivity contribution in [1.82, 2.24) is 5.16 Å². The predicted octanol–water partition coefficient (Wildman–Crippen LogP) is 2.55. The molecule has 3 rings (SSSR count). The number of hydrogen-bond acceptors (Lipinski definition) is 5. The Morgan fingerprint density at radius 3 is 2.48 bits per heavy atom. The van der Waals surface area contributed by atoms with E-state index in [1.807, 2.05) is 0 Å². The molecule has 0 bridgehead atoms. The summed E-state index contributed by atoms with van der Waals surface area (Å²) in [5.41, 5.74) is 7.47. The maximum Gasteiger partial charge on any atom is 0.260 e. The lowest BCUT2D eigenvalue weighted by Gasteiger charge is -2.17. The molecule has 4 N–H and O–H groups in total. The van der Waals surface area contributed by atoms with E-state index in [9.17, 15) is 9.59 Å². The molecule has 0 aliphatic heterocycles. The molecule has 1 aromatic carbocycles. The molecule has 2 amide bonds. The first-order valence-electron chi connectivity index (χ1n) is 8.42. The highest BCUT2D eigenvalue weighted by Gasteiger charge is 2.31. The van der Waals surface area contributed by atoms with Crippen LogP contribution in [0.1, 0.15) is 35.4 Å². The van der Waals surface area contributed by atoms with Gasteiger partial charge in [-0.25, -0.2) is 0 Å². The third kappa shape index (κ3) is 3.88. The van der Waals surface area contributed by atoms with Crippen molar-refractivity contribution in [1.29, 1.82) is 0 Å². The molecule has 0 unspecified atom stereocenters. The highest BCUT2D eigenvalue weighted by atomic mass is 16.5. The number of hydrogen-bond donors (Lipinski definition) is 3. The lowest BCUT2D eigenvalue weighted by atomic mass is 9.95. The first-order chi connectivity index (χ1) is 12.1. The number of carbonyl (C=O) groups is 2. The van der Waals surface area contributed by atoms with Crippen LogP contribution in [0.4, 0.5) is 11.4 Å². The van der Waals surface area contributed by atoms with Gasteiger partial charge in [-0.3, -0.25) is 9.59 Å². The Hall–Kier alpha value is -2.67. The Morgan fingerprint density at radius 2 is 1.88 bits per heavy atom. The molecule has 7 heteroatoms. The van der Waals surface area contributed by atoms with Gasteiger partial charge < -0.3 is 20.9 Å². The van der Waals surface area contributed by atoms with Gasteiger partial charge in [0.15, 0.2) is 0 Å². The molecule has 0 radical (unpaired) electrons. The minimum Gasteiger partial charge on any atom is -0.361 e. The zero-order valence-corrected chi connectivity index (χ0v) is 14.1. The predicted molar refractivity (Wildman–Crippen MR) is 94.2 cm³/mol. The second kappa shape index (κ2) is 7.48. The Kier molecular flexibility index (Phi) is 5.14. The second-order valence-electron chi connectivity index (χ2n) is 6.35. The van der Waals surface area contributed by atoms with Crippen LogP contribution in [0.25, 0.3) is 0 Å². The van der Waals surface area contributed by atoms with Gasteiger partial charge in [0.2, 0.25) is 5.91 Å². The fraction of sp³-hybridized carbons (Fsp3) is 0.389. The first-order valence-corrected chi connectivity index (χ1v) is 8.42. The molecular formula is C18H22N4O3. The number of anilines is 2. The van der Waals surface area contributed by atoms with Gasteiger partial charge in [0, 0.05) is 17.3 Å². The lowest BCUT2D eigenvalue weighted by Crippen LogP contribution is -2.29. The number of amides is 2. The molecule has 1 saturated carbocycles. The molecule has 2 atom stereocenters. The standard InChI is InChI=1S/C18H22N4O3/c1-11-16(10-20-25-11)18(24)22-14-7-5-13(6-8-14)21-17(23)15-4-2-3-12(15)9-19/h5-8,10,12,15H,2-4,9,19H2,1H3,(H,21,23)(H,22,24)/t12-,15-/m1/s1. The molecular weight excluding hydrogens is 320 g/mol. The zero-order chi connectivity index (χ0) is 17.8. The third-order valence-electron chi connectivity index (χ3n) is 4.70. The number of benzene rings is 1. The number of aromatic nitrogens is 1. The highest BCUT2D eigenvalue weighted by molar-refractivity contribution is 6.04. The smallest absolute Gasteiger partial charge is 0.260 e. The molecule has 1 aromatic heterocycles. The van der Waals surface area contributed by atoms with Crippen LogP contribution in [0.5, 0.6) is 0 Å². The van der Waals surface area contributed by atoms with Crippen LogP contribution in [0, 0.1) is 18.8 Å². The highest BCUT2D eigenvalue weighted by Crippen LogP contribution is 2.32. The Morgan fingerprint density at radius 1 is 1.20 bits per heavy atom. The van der Waals surface area contributed by atoms with Crippen LogP contribution < -0.4 is 16.4 Å². The lowest BCUT2D eigenvalue weighted by molar-refractivity contribution is -0.120. The van der Waals surface area contributed by atoms with Gasteiger partial charge in [-0.2, -0.15) is 0 Å². The summed E-state index contributed by atoms with van der Waals surface area (Å²) in [6.07, 6.45) is 4.34. The average molecular weight is 342 g/mol. The molecule has 0 saturated heterocycles. The van der Waals surface area contributed by atoms with E-state index in [-0.39, 0.29) is 23.7 Å². The van der Waals surface area contributed by atoms with E-state index in [1.54, 1.807) is 31.2 Å². The Labute approximate surface area is 145 Å². The second-order valence-corrected chi connectivity index (χ2v) is 6.35. The van der Waals surface area contributed by atoms with Crippen LogP contribution >= 0.6 is 0 Å². The van der Waals surface area contributed by atoms with Crippen LogP contribution in [0.15, 0.2) is 35.0 Å². The summed E-state index contributed by atoms with van der Waals surface area (Å²) < 4.78 is 4.89. The van der Waals surface area contributed by atoms with E-state index in [0.717, 1.165) is 19.3 Å². The van der Waals surface area contributed by atoms with Gasteiger partial charge >= 0.3 is 0 Å². The third-order valence-corrected chi connectivity index (χ3v) is 4.70. The molecule has 1 aliphatic carbocycles. The van der Waals surface area contributed by atoms with Crippen molar-refractivity contribution in [2.75, 3.05) is 17.2 Å². The first kappa shape index (κ1) is 17.2. The maximum atomic E-state index is 12.4. The van der Waals surface area contributed by atoms with Gasteiger partial charge in [0.05, 0.1) is 6.20 Å². The Bertz CT molecular complexity index is 754. The molecule has 1 heterocycles. The van der Waals surface area contributed by atoms with Gasteiger partial charge in [0.1, 0.15) is 11.3 Å². The molecule has 7 nitrogen and oxygen atoms in total. The van der Waals surface area contributed by atoms with E-state index >= 15 is 0 Å². The van der Waals surface area contributed by atoms with Crippen LogP contribution in [0.3, 0.4) is 0 Å². The zero-order valence-electron chi connectivity index (χ0n) is 14.1. The van der Waals surface area contributed by atoms with Crippen molar-refractivity contribution < 1.29 is 14.1 Å². The monoisotopic (exact) mass is 342 g/mol. The minimum absolute atomic E-state index is 0.0130. The quantitative estimate of drug-likeness (QED) is 0.773. The maximum absolute atomic E-state index is 12.4. The number of nitrogens with zero attached hydrogens (tertiary/aromatic N) is 1. The van der Waals surface area contributed by atoms with Crippen LogP contribution in [0.2, 0.25) is 0 Å².